The molecule has 0 bridgehead atoms. The van der Waals surface area contributed by atoms with Crippen molar-refractivity contribution in [2.45, 2.75) is 25.4 Å². The van der Waals surface area contributed by atoms with Crippen molar-refractivity contribution < 1.29 is 4.39 Å². The average Bonchev–Trinajstić information content (AvgIpc) is 2.32. The molecule has 1 saturated heterocycles. The van der Waals surface area contributed by atoms with Gasteiger partial charge in [-0.3, -0.25) is 0 Å². The summed E-state index contributed by atoms with van der Waals surface area (Å²) in [6.45, 7) is 0.773. The minimum absolute atomic E-state index is 0.207. The molecule has 0 radical (unpaired) electrons. The predicted molar refractivity (Wildman–Crippen MR) is 68.6 cm³/mol. The van der Waals surface area contributed by atoms with Crippen molar-refractivity contribution in [2.75, 3.05) is 11.5 Å². The van der Waals surface area contributed by atoms with Gasteiger partial charge in [0.2, 0.25) is 0 Å². The van der Waals surface area contributed by atoms with E-state index in [1.807, 2.05) is 11.8 Å². The molecule has 0 amide bonds. The molecule has 1 nitrogen and oxygen atoms in total. The van der Waals surface area contributed by atoms with Crippen LogP contribution >= 0.6 is 23.4 Å². The number of thioether (sulfide) groups is 1. The van der Waals surface area contributed by atoms with E-state index in [0.29, 0.717) is 6.04 Å². The molecule has 1 heterocycles. The molecular weight excluding hydrogens is 245 g/mol. The summed E-state index contributed by atoms with van der Waals surface area (Å²) in [5, 5.41) is 3.70. The van der Waals surface area contributed by atoms with Gasteiger partial charge in [0.1, 0.15) is 5.82 Å². The lowest BCUT2D eigenvalue weighted by atomic mass is 10.1. The maximum Gasteiger partial charge on any atom is 0.141 e. The summed E-state index contributed by atoms with van der Waals surface area (Å²) in [4.78, 5) is 0. The van der Waals surface area contributed by atoms with Gasteiger partial charge in [0.05, 0.1) is 5.02 Å². The highest BCUT2D eigenvalue weighted by Gasteiger charge is 2.12. The van der Waals surface area contributed by atoms with E-state index in [1.165, 1.54) is 30.4 Å². The van der Waals surface area contributed by atoms with Crippen LogP contribution in [0.3, 0.4) is 0 Å². The Morgan fingerprint density at radius 1 is 1.38 bits per heavy atom. The van der Waals surface area contributed by atoms with Crippen LogP contribution in [-0.2, 0) is 6.54 Å². The largest absolute Gasteiger partial charge is 0.310 e. The Bertz CT molecular complexity index is 353. The zero-order valence-electron chi connectivity index (χ0n) is 9.01. The fourth-order valence-corrected chi connectivity index (χ4v) is 3.12. The van der Waals surface area contributed by atoms with Gasteiger partial charge in [0, 0.05) is 12.6 Å². The smallest absolute Gasteiger partial charge is 0.141 e. The number of hydrogen-bond acceptors (Lipinski definition) is 2. The van der Waals surface area contributed by atoms with Crippen molar-refractivity contribution >= 4 is 23.4 Å². The molecular formula is C12H15ClFNS. The first-order valence-electron chi connectivity index (χ1n) is 5.51. The molecule has 1 fully saturated rings. The molecule has 0 spiro atoms. The van der Waals surface area contributed by atoms with E-state index in [9.17, 15) is 4.39 Å². The van der Waals surface area contributed by atoms with Gasteiger partial charge in [0.15, 0.2) is 0 Å². The van der Waals surface area contributed by atoms with E-state index in [0.717, 1.165) is 12.1 Å². The van der Waals surface area contributed by atoms with Gasteiger partial charge in [-0.25, -0.2) is 4.39 Å². The lowest BCUT2D eigenvalue weighted by Crippen LogP contribution is -2.32. The van der Waals surface area contributed by atoms with Crippen LogP contribution in [0.2, 0.25) is 5.02 Å². The summed E-state index contributed by atoms with van der Waals surface area (Å²) in [6.07, 6.45) is 2.44. The van der Waals surface area contributed by atoms with Crippen molar-refractivity contribution in [3.05, 3.63) is 34.6 Å². The molecule has 1 aliphatic heterocycles. The summed E-state index contributed by atoms with van der Waals surface area (Å²) in [6, 6.07) is 5.51. The molecule has 1 aromatic rings. The minimum Gasteiger partial charge on any atom is -0.310 e. The van der Waals surface area contributed by atoms with Crippen LogP contribution in [-0.4, -0.2) is 17.5 Å². The minimum atomic E-state index is -0.348. The van der Waals surface area contributed by atoms with Crippen LogP contribution in [0.1, 0.15) is 18.4 Å². The van der Waals surface area contributed by atoms with E-state index >= 15 is 0 Å². The van der Waals surface area contributed by atoms with Gasteiger partial charge in [-0.05, 0) is 42.0 Å². The van der Waals surface area contributed by atoms with Crippen LogP contribution < -0.4 is 5.32 Å². The Balaban J connectivity index is 1.86. The summed E-state index contributed by atoms with van der Waals surface area (Å²) in [5.74, 6) is 2.13. The quantitative estimate of drug-likeness (QED) is 0.892. The molecule has 1 aliphatic rings. The Kier molecular flexibility index (Phi) is 4.50. The number of rotatable bonds is 3. The normalized spacial score (nSPS) is 17.6. The van der Waals surface area contributed by atoms with Crippen molar-refractivity contribution in [1.29, 1.82) is 0 Å². The molecule has 1 aromatic carbocycles. The molecule has 88 valence electrons. The fraction of sp³-hybridized carbons (Fsp3) is 0.500. The van der Waals surface area contributed by atoms with Gasteiger partial charge in [0.25, 0.3) is 0 Å². The zero-order valence-corrected chi connectivity index (χ0v) is 10.6. The Hall–Kier alpha value is -0.250. The van der Waals surface area contributed by atoms with E-state index in [-0.39, 0.29) is 10.8 Å². The zero-order chi connectivity index (χ0) is 11.4. The molecule has 0 atom stereocenters. The third kappa shape index (κ3) is 3.37. The molecule has 1 N–H and O–H groups in total. The second-order valence-electron chi connectivity index (χ2n) is 4.02. The third-order valence-corrected chi connectivity index (χ3v) is 4.14. The van der Waals surface area contributed by atoms with Crippen molar-refractivity contribution in [3.8, 4) is 0 Å². The lowest BCUT2D eigenvalue weighted by Gasteiger charge is -2.22. The van der Waals surface area contributed by atoms with Gasteiger partial charge >= 0.3 is 0 Å². The van der Waals surface area contributed by atoms with Crippen LogP contribution in [0.25, 0.3) is 0 Å². The van der Waals surface area contributed by atoms with Crippen molar-refractivity contribution in [3.63, 3.8) is 0 Å². The average molecular weight is 260 g/mol. The Labute approximate surface area is 105 Å². The standard InChI is InChI=1S/C12H15ClFNS/c13-11-7-9(1-2-12(11)14)8-15-10-3-5-16-6-4-10/h1-2,7,10,15H,3-6,8H2. The first-order valence-corrected chi connectivity index (χ1v) is 7.04. The lowest BCUT2D eigenvalue weighted by molar-refractivity contribution is 0.482. The van der Waals surface area contributed by atoms with Crippen molar-refractivity contribution in [2.24, 2.45) is 0 Å². The number of nitrogens with one attached hydrogen (secondary N) is 1. The van der Waals surface area contributed by atoms with Gasteiger partial charge < -0.3 is 5.32 Å². The summed E-state index contributed by atoms with van der Waals surface area (Å²) >= 11 is 7.74. The van der Waals surface area contributed by atoms with Crippen LogP contribution in [0.5, 0.6) is 0 Å². The van der Waals surface area contributed by atoms with Crippen LogP contribution in [0.15, 0.2) is 18.2 Å². The molecule has 2 rings (SSSR count). The topological polar surface area (TPSA) is 12.0 Å². The van der Waals surface area contributed by atoms with E-state index < -0.39 is 0 Å². The second kappa shape index (κ2) is 5.89. The first-order chi connectivity index (χ1) is 7.75. The first kappa shape index (κ1) is 12.2. The third-order valence-electron chi connectivity index (χ3n) is 2.80. The Morgan fingerprint density at radius 2 is 2.12 bits per heavy atom. The van der Waals surface area contributed by atoms with Gasteiger partial charge in [-0.15, -0.1) is 0 Å². The van der Waals surface area contributed by atoms with Crippen LogP contribution in [0, 0.1) is 5.82 Å². The molecule has 0 aromatic heterocycles. The molecule has 16 heavy (non-hydrogen) atoms. The van der Waals surface area contributed by atoms with E-state index in [2.05, 4.69) is 5.32 Å². The van der Waals surface area contributed by atoms with Crippen LogP contribution in [0.4, 0.5) is 4.39 Å². The maximum atomic E-state index is 12.9. The van der Waals surface area contributed by atoms with Crippen molar-refractivity contribution in [1.82, 2.24) is 5.32 Å². The Morgan fingerprint density at radius 3 is 2.81 bits per heavy atom. The fourth-order valence-electron chi connectivity index (χ4n) is 1.81. The van der Waals surface area contributed by atoms with Gasteiger partial charge in [-0.1, -0.05) is 17.7 Å². The highest BCUT2D eigenvalue weighted by molar-refractivity contribution is 7.99. The SMILES string of the molecule is Fc1ccc(CNC2CCSCC2)cc1Cl. The summed E-state index contributed by atoms with van der Waals surface area (Å²) in [5.41, 5.74) is 1.05. The maximum absolute atomic E-state index is 12.9. The predicted octanol–water partition coefficient (Wildman–Crippen LogP) is 3.46. The summed E-state index contributed by atoms with van der Waals surface area (Å²) in [7, 11) is 0. The summed E-state index contributed by atoms with van der Waals surface area (Å²) < 4.78 is 12.9. The number of hydrogen-bond donors (Lipinski definition) is 1. The highest BCUT2D eigenvalue weighted by atomic mass is 35.5. The van der Waals surface area contributed by atoms with E-state index in [4.69, 9.17) is 11.6 Å². The number of benzene rings is 1. The number of halogens is 2. The van der Waals surface area contributed by atoms with E-state index in [1.54, 1.807) is 12.1 Å². The molecule has 0 saturated carbocycles. The molecule has 0 unspecified atom stereocenters. The monoisotopic (exact) mass is 259 g/mol. The molecule has 4 heteroatoms. The van der Waals surface area contributed by atoms with Gasteiger partial charge in [-0.2, -0.15) is 11.8 Å². The molecule has 0 aliphatic carbocycles. The second-order valence-corrected chi connectivity index (χ2v) is 5.65. The highest BCUT2D eigenvalue weighted by Crippen LogP contribution is 2.19.